The Labute approximate surface area is 149 Å². The predicted octanol–water partition coefficient (Wildman–Crippen LogP) is 3.24. The van der Waals surface area contributed by atoms with Gasteiger partial charge in [-0.3, -0.25) is 4.79 Å². The lowest BCUT2D eigenvalue weighted by molar-refractivity contribution is -0.123. The molecule has 24 heavy (non-hydrogen) atoms. The molecule has 1 N–H and O–H groups in total. The molecule has 0 unspecified atom stereocenters. The average Bonchev–Trinajstić information content (AvgIpc) is 2.59. The molecule has 0 heterocycles. The van der Waals surface area contributed by atoms with Crippen molar-refractivity contribution in [2.24, 2.45) is 0 Å². The first-order valence-electron chi connectivity index (χ1n) is 7.32. The normalized spacial score (nSPS) is 10.1. The van der Waals surface area contributed by atoms with Gasteiger partial charge in [0.1, 0.15) is 5.75 Å². The summed E-state index contributed by atoms with van der Waals surface area (Å²) in [5.74, 6) is 0.0142. The highest BCUT2D eigenvalue weighted by Crippen LogP contribution is 2.25. The minimum atomic E-state index is -0.386. The number of amides is 1. The van der Waals surface area contributed by atoms with Gasteiger partial charge >= 0.3 is 5.97 Å². The zero-order chi connectivity index (χ0) is 17.5. The van der Waals surface area contributed by atoms with Gasteiger partial charge in [0.15, 0.2) is 6.61 Å². The maximum atomic E-state index is 11.9. The molecule has 0 saturated heterocycles. The van der Waals surface area contributed by atoms with Gasteiger partial charge in [0.25, 0.3) is 5.91 Å². The van der Waals surface area contributed by atoms with E-state index < -0.39 is 0 Å². The van der Waals surface area contributed by atoms with Crippen molar-refractivity contribution in [3.05, 3.63) is 63.6 Å². The van der Waals surface area contributed by atoms with Crippen LogP contribution in [0.15, 0.2) is 46.9 Å². The maximum Gasteiger partial charge on any atom is 0.337 e. The summed E-state index contributed by atoms with van der Waals surface area (Å²) in [5.41, 5.74) is 2.46. The van der Waals surface area contributed by atoms with Gasteiger partial charge in [-0.25, -0.2) is 4.79 Å². The minimum Gasteiger partial charge on any atom is -0.483 e. The maximum absolute atomic E-state index is 11.9. The summed E-state index contributed by atoms with van der Waals surface area (Å²) in [6.45, 7) is 2.27. The number of carbonyl (C=O) groups is 2. The van der Waals surface area contributed by atoms with E-state index in [1.165, 1.54) is 7.11 Å². The van der Waals surface area contributed by atoms with Crippen molar-refractivity contribution in [1.29, 1.82) is 0 Å². The molecule has 5 nitrogen and oxygen atoms in total. The van der Waals surface area contributed by atoms with Gasteiger partial charge in [0, 0.05) is 6.54 Å². The summed E-state index contributed by atoms with van der Waals surface area (Å²) in [6.07, 6.45) is 0. The Morgan fingerprint density at radius 3 is 2.46 bits per heavy atom. The molecule has 0 saturated carbocycles. The van der Waals surface area contributed by atoms with Gasteiger partial charge in [-0.1, -0.05) is 18.2 Å². The Bertz CT molecular complexity index is 728. The van der Waals surface area contributed by atoms with Crippen LogP contribution in [0.3, 0.4) is 0 Å². The molecule has 0 aliphatic carbocycles. The number of carbonyl (C=O) groups excluding carboxylic acids is 2. The van der Waals surface area contributed by atoms with Crippen LogP contribution in [0.1, 0.15) is 21.5 Å². The smallest absolute Gasteiger partial charge is 0.337 e. The lowest BCUT2D eigenvalue weighted by atomic mass is 10.1. The summed E-state index contributed by atoms with van der Waals surface area (Å²) < 4.78 is 10.9. The molecule has 0 aliphatic rings. The quantitative estimate of drug-likeness (QED) is 0.767. The van der Waals surface area contributed by atoms with Gasteiger partial charge in [-0.15, -0.1) is 0 Å². The van der Waals surface area contributed by atoms with E-state index in [2.05, 4.69) is 26.0 Å². The van der Waals surface area contributed by atoms with Crippen LogP contribution < -0.4 is 10.1 Å². The molecule has 2 rings (SSSR count). The van der Waals surface area contributed by atoms with Gasteiger partial charge in [-0.2, -0.15) is 0 Å². The summed E-state index contributed by atoms with van der Waals surface area (Å²) in [6, 6.07) is 12.5. The van der Waals surface area contributed by atoms with E-state index >= 15 is 0 Å². The van der Waals surface area contributed by atoms with Crippen LogP contribution >= 0.6 is 15.9 Å². The number of ether oxygens (including phenoxy) is 2. The zero-order valence-electron chi connectivity index (χ0n) is 13.5. The van der Waals surface area contributed by atoms with Crippen molar-refractivity contribution in [3.8, 4) is 5.75 Å². The third-order valence-corrected chi connectivity index (χ3v) is 3.93. The summed E-state index contributed by atoms with van der Waals surface area (Å²) >= 11 is 3.40. The fraction of sp³-hybridized carbons (Fsp3) is 0.222. The molecule has 1 amide bonds. The number of methoxy groups -OCH3 is 1. The molecular weight excluding hydrogens is 374 g/mol. The van der Waals surface area contributed by atoms with E-state index in [1.54, 1.807) is 24.3 Å². The number of nitrogens with one attached hydrogen (secondary N) is 1. The number of benzene rings is 2. The SMILES string of the molecule is COC(=O)c1ccc(CNC(=O)COc2ccc(C)cc2Br)cc1. The largest absolute Gasteiger partial charge is 0.483 e. The standard InChI is InChI=1S/C18H18BrNO4/c1-12-3-8-16(15(19)9-12)24-11-17(21)20-10-13-4-6-14(7-5-13)18(22)23-2/h3-9H,10-11H2,1-2H3,(H,20,21). The van der Waals surface area contributed by atoms with Crippen LogP contribution in [0.25, 0.3) is 0 Å². The number of aryl methyl sites for hydroxylation is 1. The van der Waals surface area contributed by atoms with Crippen LogP contribution in [-0.4, -0.2) is 25.6 Å². The molecule has 126 valence electrons. The molecule has 6 heteroatoms. The van der Waals surface area contributed by atoms with E-state index in [0.29, 0.717) is 17.9 Å². The first kappa shape index (κ1) is 18.0. The van der Waals surface area contributed by atoms with Crippen molar-refractivity contribution >= 4 is 27.8 Å². The van der Waals surface area contributed by atoms with Crippen LogP contribution in [0.4, 0.5) is 0 Å². The lowest BCUT2D eigenvalue weighted by Crippen LogP contribution is -2.28. The number of rotatable bonds is 6. The summed E-state index contributed by atoms with van der Waals surface area (Å²) in [7, 11) is 1.34. The highest BCUT2D eigenvalue weighted by Gasteiger charge is 2.07. The van der Waals surface area contributed by atoms with Crippen molar-refractivity contribution in [1.82, 2.24) is 5.32 Å². The van der Waals surface area contributed by atoms with Crippen LogP contribution in [0.5, 0.6) is 5.75 Å². The minimum absolute atomic E-state index is 0.0676. The lowest BCUT2D eigenvalue weighted by Gasteiger charge is -2.09. The van der Waals surface area contributed by atoms with Crippen LogP contribution in [-0.2, 0) is 16.1 Å². The molecule has 0 aromatic heterocycles. The zero-order valence-corrected chi connectivity index (χ0v) is 15.1. The van der Waals surface area contributed by atoms with Crippen LogP contribution in [0.2, 0.25) is 0 Å². The number of hydrogen-bond acceptors (Lipinski definition) is 4. The van der Waals surface area contributed by atoms with Gasteiger partial charge in [0.05, 0.1) is 17.1 Å². The van der Waals surface area contributed by atoms with E-state index in [0.717, 1.165) is 15.6 Å². The molecule has 0 spiro atoms. The molecule has 0 aliphatic heterocycles. The number of halogens is 1. The van der Waals surface area contributed by atoms with Gasteiger partial charge < -0.3 is 14.8 Å². The van der Waals surface area contributed by atoms with Crippen molar-refractivity contribution in [2.45, 2.75) is 13.5 Å². The van der Waals surface area contributed by atoms with Crippen molar-refractivity contribution in [2.75, 3.05) is 13.7 Å². The molecule has 0 radical (unpaired) electrons. The highest BCUT2D eigenvalue weighted by molar-refractivity contribution is 9.10. The third-order valence-electron chi connectivity index (χ3n) is 3.31. The van der Waals surface area contributed by atoms with E-state index in [1.807, 2.05) is 25.1 Å². The Hall–Kier alpha value is -2.34. The van der Waals surface area contributed by atoms with Crippen molar-refractivity contribution < 1.29 is 19.1 Å². The Morgan fingerprint density at radius 2 is 1.83 bits per heavy atom. The van der Waals surface area contributed by atoms with Crippen LogP contribution in [0, 0.1) is 6.92 Å². The average molecular weight is 392 g/mol. The summed E-state index contributed by atoms with van der Waals surface area (Å²) in [5, 5.41) is 2.77. The molecule has 0 atom stereocenters. The second-order valence-electron chi connectivity index (χ2n) is 5.19. The first-order chi connectivity index (χ1) is 11.5. The Kier molecular flexibility index (Phi) is 6.37. The van der Waals surface area contributed by atoms with E-state index in [4.69, 9.17) is 4.74 Å². The molecular formula is C18H18BrNO4. The molecule has 2 aromatic rings. The van der Waals surface area contributed by atoms with Gasteiger partial charge in [0.2, 0.25) is 0 Å². The van der Waals surface area contributed by atoms with E-state index in [9.17, 15) is 9.59 Å². The predicted molar refractivity (Wildman–Crippen MR) is 94.0 cm³/mol. The second-order valence-corrected chi connectivity index (χ2v) is 6.04. The monoisotopic (exact) mass is 391 g/mol. The summed E-state index contributed by atoms with van der Waals surface area (Å²) in [4.78, 5) is 23.2. The van der Waals surface area contributed by atoms with Gasteiger partial charge in [-0.05, 0) is 58.2 Å². The number of hydrogen-bond donors (Lipinski definition) is 1. The topological polar surface area (TPSA) is 64.6 Å². The fourth-order valence-electron chi connectivity index (χ4n) is 1.99. The second kappa shape index (κ2) is 8.49. The Morgan fingerprint density at radius 1 is 1.12 bits per heavy atom. The molecule has 0 fully saturated rings. The van der Waals surface area contributed by atoms with E-state index in [-0.39, 0.29) is 18.5 Å². The third kappa shape index (κ3) is 5.09. The Balaban J connectivity index is 1.81. The van der Waals surface area contributed by atoms with Crippen molar-refractivity contribution in [3.63, 3.8) is 0 Å². The molecule has 2 aromatic carbocycles. The molecule has 0 bridgehead atoms. The highest BCUT2D eigenvalue weighted by atomic mass is 79.9. The fourth-order valence-corrected chi connectivity index (χ4v) is 2.60. The number of esters is 1. The first-order valence-corrected chi connectivity index (χ1v) is 8.12.